The molecule has 3 aliphatic heterocycles. The van der Waals surface area contributed by atoms with Gasteiger partial charge >= 0.3 is 0 Å². The van der Waals surface area contributed by atoms with Crippen LogP contribution in [0.5, 0.6) is 0 Å². The number of rotatable bonds is 2. The van der Waals surface area contributed by atoms with Crippen LogP contribution in [-0.4, -0.2) is 57.6 Å². The highest BCUT2D eigenvalue weighted by molar-refractivity contribution is 5.99. The molecule has 3 aliphatic rings. The Hall–Kier alpha value is -2.47. The van der Waals surface area contributed by atoms with Crippen LogP contribution in [0.1, 0.15) is 48.3 Å². The zero-order valence-corrected chi connectivity index (χ0v) is 17.4. The molecule has 0 N–H and O–H groups in total. The molecule has 6 heteroatoms. The second kappa shape index (κ2) is 6.26. The SMILES string of the molecule is Cc1ccc2nc(C)c(C(=O)N3CC[C@@]45OC[C@@H](C(C)C)N4C(=O)C[C@@H]35)cc2c1. The van der Waals surface area contributed by atoms with Gasteiger partial charge in [-0.1, -0.05) is 25.5 Å². The van der Waals surface area contributed by atoms with Gasteiger partial charge in [-0.15, -0.1) is 0 Å². The number of hydrogen-bond acceptors (Lipinski definition) is 4. The van der Waals surface area contributed by atoms with Gasteiger partial charge in [-0.25, -0.2) is 0 Å². The van der Waals surface area contributed by atoms with Crippen molar-refractivity contribution in [2.45, 2.75) is 58.3 Å². The van der Waals surface area contributed by atoms with E-state index in [9.17, 15) is 9.59 Å². The lowest BCUT2D eigenvalue weighted by Gasteiger charge is -2.34. The molecule has 0 aliphatic carbocycles. The van der Waals surface area contributed by atoms with Gasteiger partial charge in [-0.3, -0.25) is 14.6 Å². The number of amides is 2. The summed E-state index contributed by atoms with van der Waals surface area (Å²) in [4.78, 5) is 34.9. The van der Waals surface area contributed by atoms with Crippen molar-refractivity contribution in [2.75, 3.05) is 13.2 Å². The highest BCUT2D eigenvalue weighted by Crippen LogP contribution is 2.49. The zero-order chi connectivity index (χ0) is 20.5. The lowest BCUT2D eigenvalue weighted by molar-refractivity contribution is -0.139. The van der Waals surface area contributed by atoms with Crippen molar-refractivity contribution in [3.63, 3.8) is 0 Å². The Morgan fingerprint density at radius 2 is 2.07 bits per heavy atom. The van der Waals surface area contributed by atoms with Gasteiger partial charge < -0.3 is 14.5 Å². The van der Waals surface area contributed by atoms with Gasteiger partial charge in [0.15, 0.2) is 5.72 Å². The molecule has 5 rings (SSSR count). The van der Waals surface area contributed by atoms with Crippen molar-refractivity contribution in [3.05, 3.63) is 41.1 Å². The van der Waals surface area contributed by atoms with Crippen LogP contribution < -0.4 is 0 Å². The van der Waals surface area contributed by atoms with E-state index in [1.54, 1.807) is 0 Å². The Bertz CT molecular complexity index is 1030. The van der Waals surface area contributed by atoms with E-state index in [-0.39, 0.29) is 23.9 Å². The van der Waals surface area contributed by atoms with Crippen molar-refractivity contribution >= 4 is 22.7 Å². The summed E-state index contributed by atoms with van der Waals surface area (Å²) in [6.45, 7) is 9.31. The summed E-state index contributed by atoms with van der Waals surface area (Å²) in [6.07, 6.45) is 1.02. The molecule has 4 heterocycles. The number of pyridine rings is 1. The van der Waals surface area contributed by atoms with Crippen molar-refractivity contribution in [1.82, 2.24) is 14.8 Å². The lowest BCUT2D eigenvalue weighted by Crippen LogP contribution is -2.51. The average molecular weight is 393 g/mol. The Kier molecular flexibility index (Phi) is 4.01. The number of likely N-dealkylation sites (tertiary alicyclic amines) is 1. The smallest absolute Gasteiger partial charge is 0.256 e. The Morgan fingerprint density at radius 1 is 1.28 bits per heavy atom. The first kappa shape index (κ1) is 18.6. The molecule has 2 aromatic rings. The molecule has 3 atom stereocenters. The number of carbonyl (C=O) groups excluding carboxylic acids is 2. The van der Waals surface area contributed by atoms with Crippen LogP contribution in [0.25, 0.3) is 10.9 Å². The molecular weight excluding hydrogens is 366 g/mol. The molecule has 3 fully saturated rings. The topological polar surface area (TPSA) is 62.7 Å². The third-order valence-electron chi connectivity index (χ3n) is 6.91. The van der Waals surface area contributed by atoms with Crippen molar-refractivity contribution in [3.8, 4) is 0 Å². The predicted molar refractivity (Wildman–Crippen MR) is 109 cm³/mol. The molecule has 0 saturated carbocycles. The van der Waals surface area contributed by atoms with Crippen molar-refractivity contribution in [2.24, 2.45) is 5.92 Å². The number of carbonyl (C=O) groups is 2. The van der Waals surface area contributed by atoms with Crippen LogP contribution in [-0.2, 0) is 9.53 Å². The van der Waals surface area contributed by atoms with E-state index < -0.39 is 5.72 Å². The molecule has 1 aromatic heterocycles. The highest BCUT2D eigenvalue weighted by Gasteiger charge is 2.65. The standard InChI is InChI=1S/C23H27N3O3/c1-13(2)19-12-29-23-7-8-25(20(23)11-21(27)26(19)23)22(28)17-10-16-9-14(3)5-6-18(16)24-15(17)4/h5-6,9-10,13,19-20H,7-8,11-12H2,1-4H3/t19-,20+,23-/m0/s1. The van der Waals surface area contributed by atoms with Crippen LogP contribution in [0.4, 0.5) is 0 Å². The Morgan fingerprint density at radius 3 is 2.83 bits per heavy atom. The minimum Gasteiger partial charge on any atom is -0.351 e. The maximum absolute atomic E-state index is 13.5. The largest absolute Gasteiger partial charge is 0.351 e. The first-order chi connectivity index (χ1) is 13.8. The first-order valence-corrected chi connectivity index (χ1v) is 10.5. The lowest BCUT2D eigenvalue weighted by atomic mass is 10.0. The van der Waals surface area contributed by atoms with Crippen molar-refractivity contribution in [1.29, 1.82) is 0 Å². The molecule has 2 amide bonds. The van der Waals surface area contributed by atoms with Crippen molar-refractivity contribution < 1.29 is 14.3 Å². The third kappa shape index (κ3) is 2.54. The fraction of sp³-hybridized carbons (Fsp3) is 0.522. The van der Waals surface area contributed by atoms with Gasteiger partial charge in [0.1, 0.15) is 0 Å². The van der Waals surface area contributed by atoms with Gasteiger partial charge in [-0.05, 0) is 38.0 Å². The molecule has 3 saturated heterocycles. The normalized spacial score (nSPS) is 28.5. The molecule has 0 radical (unpaired) electrons. The first-order valence-electron chi connectivity index (χ1n) is 10.5. The highest BCUT2D eigenvalue weighted by atomic mass is 16.5. The number of aryl methyl sites for hydroxylation is 2. The molecule has 1 spiro atoms. The Labute approximate surface area is 170 Å². The minimum atomic E-state index is -0.642. The fourth-order valence-corrected chi connectivity index (χ4v) is 5.38. The van der Waals surface area contributed by atoms with Crippen LogP contribution in [0.2, 0.25) is 0 Å². The summed E-state index contributed by atoms with van der Waals surface area (Å²) in [6, 6.07) is 7.88. The maximum Gasteiger partial charge on any atom is 0.256 e. The molecule has 152 valence electrons. The molecule has 29 heavy (non-hydrogen) atoms. The molecule has 1 aromatic carbocycles. The van der Waals surface area contributed by atoms with Gasteiger partial charge in [-0.2, -0.15) is 0 Å². The molecule has 6 nitrogen and oxygen atoms in total. The average Bonchev–Trinajstić information content (AvgIpc) is 3.30. The van der Waals surface area contributed by atoms with Gasteiger partial charge in [0.2, 0.25) is 5.91 Å². The third-order valence-corrected chi connectivity index (χ3v) is 6.91. The van der Waals surface area contributed by atoms with Crippen LogP contribution in [0.3, 0.4) is 0 Å². The number of ether oxygens (including phenoxy) is 1. The quantitative estimate of drug-likeness (QED) is 0.787. The summed E-state index contributed by atoms with van der Waals surface area (Å²) in [7, 11) is 0. The number of nitrogens with zero attached hydrogens (tertiary/aromatic N) is 3. The van der Waals surface area contributed by atoms with Gasteiger partial charge in [0.05, 0.1) is 41.9 Å². The van der Waals surface area contributed by atoms with E-state index in [2.05, 4.69) is 24.9 Å². The summed E-state index contributed by atoms with van der Waals surface area (Å²) in [5.41, 5.74) is 2.72. The zero-order valence-electron chi connectivity index (χ0n) is 17.4. The number of hydrogen-bond donors (Lipinski definition) is 0. The van der Waals surface area contributed by atoms with E-state index >= 15 is 0 Å². The second-order valence-corrected chi connectivity index (χ2v) is 9.02. The van der Waals surface area contributed by atoms with Crippen LogP contribution >= 0.6 is 0 Å². The fourth-order valence-electron chi connectivity index (χ4n) is 5.38. The van der Waals surface area contributed by atoms with E-state index in [0.717, 1.165) is 22.2 Å². The maximum atomic E-state index is 13.5. The monoisotopic (exact) mass is 393 g/mol. The molecular formula is C23H27N3O3. The summed E-state index contributed by atoms with van der Waals surface area (Å²) >= 11 is 0. The van der Waals surface area contributed by atoms with Gasteiger partial charge in [0, 0.05) is 18.4 Å². The molecule has 0 unspecified atom stereocenters. The second-order valence-electron chi connectivity index (χ2n) is 9.02. The predicted octanol–water partition coefficient (Wildman–Crippen LogP) is 3.05. The van der Waals surface area contributed by atoms with Gasteiger partial charge in [0.25, 0.3) is 5.91 Å². The molecule has 0 bridgehead atoms. The number of benzene rings is 1. The van der Waals surface area contributed by atoms with Crippen LogP contribution in [0, 0.1) is 19.8 Å². The summed E-state index contributed by atoms with van der Waals surface area (Å²) in [5, 5.41) is 0.967. The summed E-state index contributed by atoms with van der Waals surface area (Å²) in [5.74, 6) is 0.385. The number of fused-ring (bicyclic) bond motifs is 1. The van der Waals surface area contributed by atoms with Crippen LogP contribution in [0.15, 0.2) is 24.3 Å². The van der Waals surface area contributed by atoms with E-state index in [1.165, 1.54) is 0 Å². The van der Waals surface area contributed by atoms with E-state index in [4.69, 9.17) is 4.74 Å². The van der Waals surface area contributed by atoms with E-state index in [1.807, 2.05) is 41.8 Å². The Balaban J connectivity index is 1.50. The van der Waals surface area contributed by atoms with E-state index in [0.29, 0.717) is 37.5 Å². The minimum absolute atomic E-state index is 0.0495. The summed E-state index contributed by atoms with van der Waals surface area (Å²) < 4.78 is 6.26. The number of aromatic nitrogens is 1.